The minimum atomic E-state index is -1.33. The Morgan fingerprint density at radius 1 is 1.42 bits per heavy atom. The van der Waals surface area contributed by atoms with Gasteiger partial charge < -0.3 is 20.4 Å². The standard InChI is InChI=1S/C18H28BrN3O4/c1-12(13-7-9-25-10-8-13)22(24,17(23)26-18(2,3)4)21-16-6-5-14(19)11-15(16)20/h5-6,11-13,21H,7-10,20H2,1-4H3. The van der Waals surface area contributed by atoms with Gasteiger partial charge >= 0.3 is 6.09 Å². The summed E-state index contributed by atoms with van der Waals surface area (Å²) in [7, 11) is 0. The third-order valence-corrected chi connectivity index (χ3v) is 4.98. The van der Waals surface area contributed by atoms with E-state index in [4.69, 9.17) is 15.2 Å². The molecule has 1 saturated heterocycles. The Bertz CT molecular complexity index is 644. The molecule has 0 aromatic heterocycles. The van der Waals surface area contributed by atoms with E-state index in [-0.39, 0.29) is 5.92 Å². The molecular formula is C18H28BrN3O4. The first-order valence-corrected chi connectivity index (χ1v) is 9.56. The first-order valence-electron chi connectivity index (χ1n) is 8.77. The van der Waals surface area contributed by atoms with Crippen molar-refractivity contribution in [1.29, 1.82) is 0 Å². The molecule has 26 heavy (non-hydrogen) atoms. The van der Waals surface area contributed by atoms with Gasteiger partial charge in [-0.3, -0.25) is 0 Å². The van der Waals surface area contributed by atoms with Crippen LogP contribution in [0.15, 0.2) is 22.7 Å². The number of nitrogens with one attached hydrogen (secondary N) is 1. The van der Waals surface area contributed by atoms with Crippen molar-refractivity contribution in [2.45, 2.75) is 52.2 Å². The van der Waals surface area contributed by atoms with E-state index >= 15 is 0 Å². The molecule has 1 aromatic carbocycles. The quantitative estimate of drug-likeness (QED) is 0.417. The number of nitrogens with two attached hydrogens (primary N) is 1. The van der Waals surface area contributed by atoms with E-state index in [9.17, 15) is 10.0 Å². The largest absolute Gasteiger partial charge is 0.596 e. The van der Waals surface area contributed by atoms with E-state index in [1.807, 2.05) is 0 Å². The fourth-order valence-corrected chi connectivity index (χ4v) is 3.33. The Labute approximate surface area is 163 Å². The van der Waals surface area contributed by atoms with Crippen LogP contribution in [-0.2, 0) is 9.47 Å². The number of hydroxylamine groups is 2. The van der Waals surface area contributed by atoms with Gasteiger partial charge in [0, 0.05) is 23.6 Å². The first-order chi connectivity index (χ1) is 12.0. The summed E-state index contributed by atoms with van der Waals surface area (Å²) < 4.78 is 10.3. The summed E-state index contributed by atoms with van der Waals surface area (Å²) in [6.45, 7) is 8.16. The molecule has 2 atom stereocenters. The van der Waals surface area contributed by atoms with Gasteiger partial charge in [0.25, 0.3) is 0 Å². The van der Waals surface area contributed by atoms with Crippen LogP contribution in [0.4, 0.5) is 16.2 Å². The predicted molar refractivity (Wildman–Crippen MR) is 105 cm³/mol. The molecule has 2 rings (SSSR count). The fourth-order valence-electron chi connectivity index (χ4n) is 2.95. The zero-order valence-electron chi connectivity index (χ0n) is 15.8. The maximum Gasteiger partial charge on any atom is 0.542 e. The minimum Gasteiger partial charge on any atom is -0.596 e. The lowest BCUT2D eigenvalue weighted by Crippen LogP contribution is -2.61. The maximum absolute atomic E-state index is 13.7. The van der Waals surface area contributed by atoms with Crippen LogP contribution in [-0.4, -0.2) is 35.7 Å². The number of rotatable bonds is 4. The third-order valence-electron chi connectivity index (χ3n) is 4.49. The molecule has 146 valence electrons. The van der Waals surface area contributed by atoms with E-state index < -0.39 is 22.5 Å². The zero-order chi connectivity index (χ0) is 19.5. The Kier molecular flexibility index (Phi) is 6.55. The Balaban J connectivity index is 2.34. The van der Waals surface area contributed by atoms with Gasteiger partial charge in [0.1, 0.15) is 17.3 Å². The molecule has 1 aliphatic heterocycles. The Morgan fingerprint density at radius 2 is 2.04 bits per heavy atom. The lowest BCUT2D eigenvalue weighted by Gasteiger charge is -2.46. The molecule has 1 fully saturated rings. The van der Waals surface area contributed by atoms with Crippen LogP contribution in [0, 0.1) is 11.1 Å². The molecule has 0 saturated carbocycles. The summed E-state index contributed by atoms with van der Waals surface area (Å²) in [5.41, 5.74) is 8.81. The van der Waals surface area contributed by atoms with E-state index in [2.05, 4.69) is 21.4 Å². The number of quaternary nitrogens is 1. The number of carbonyl (C=O) groups is 1. The normalized spacial score (nSPS) is 19.5. The SMILES string of the molecule is CC(C1CCOCC1)[N+]([O-])(Nc1ccc(Br)cc1N)C(=O)OC(C)(C)C. The summed E-state index contributed by atoms with van der Waals surface area (Å²) in [5.74, 6) is 0.0398. The van der Waals surface area contributed by atoms with Gasteiger partial charge in [-0.25, -0.2) is 5.43 Å². The van der Waals surface area contributed by atoms with Gasteiger partial charge in [-0.1, -0.05) is 15.9 Å². The molecule has 1 heterocycles. The van der Waals surface area contributed by atoms with E-state index in [1.165, 1.54) is 0 Å². The number of amides is 1. The average molecular weight is 430 g/mol. The van der Waals surface area contributed by atoms with E-state index in [0.29, 0.717) is 24.6 Å². The number of nitrogen functional groups attached to an aromatic ring is 1. The molecule has 3 N–H and O–H groups in total. The van der Waals surface area contributed by atoms with Crippen molar-refractivity contribution in [3.8, 4) is 0 Å². The Hall–Kier alpha value is -1.35. The second-order valence-electron chi connectivity index (χ2n) is 7.67. The number of halogens is 1. The maximum atomic E-state index is 13.7. The number of benzene rings is 1. The van der Waals surface area contributed by atoms with Gasteiger partial charge in [0.15, 0.2) is 0 Å². The monoisotopic (exact) mass is 429 g/mol. The van der Waals surface area contributed by atoms with Gasteiger partial charge in [0.05, 0.1) is 5.69 Å². The molecule has 7 nitrogen and oxygen atoms in total. The number of ether oxygens (including phenoxy) is 2. The molecule has 0 aliphatic carbocycles. The number of hydrogen-bond acceptors (Lipinski definition) is 6. The zero-order valence-corrected chi connectivity index (χ0v) is 17.3. The summed E-state index contributed by atoms with van der Waals surface area (Å²) in [6, 6.07) is 4.56. The van der Waals surface area contributed by atoms with Crippen molar-refractivity contribution in [3.05, 3.63) is 27.9 Å². The van der Waals surface area contributed by atoms with Crippen molar-refractivity contribution < 1.29 is 19.0 Å². The molecule has 1 aliphatic rings. The Morgan fingerprint density at radius 3 is 2.58 bits per heavy atom. The number of carbonyl (C=O) groups excluding carboxylic acids is 1. The molecule has 1 amide bonds. The topological polar surface area (TPSA) is 96.6 Å². The molecule has 0 radical (unpaired) electrons. The van der Waals surface area contributed by atoms with Crippen molar-refractivity contribution in [2.75, 3.05) is 24.4 Å². The second-order valence-corrected chi connectivity index (χ2v) is 8.59. The average Bonchev–Trinajstić information content (AvgIpc) is 2.56. The van der Waals surface area contributed by atoms with Crippen molar-refractivity contribution >= 4 is 33.4 Å². The van der Waals surface area contributed by atoms with Crippen molar-refractivity contribution in [2.24, 2.45) is 5.92 Å². The molecule has 1 aromatic rings. The highest BCUT2D eigenvalue weighted by atomic mass is 79.9. The summed E-state index contributed by atoms with van der Waals surface area (Å²) >= 11 is 3.34. The van der Waals surface area contributed by atoms with E-state index in [0.717, 1.165) is 17.3 Å². The van der Waals surface area contributed by atoms with Gasteiger partial charge in [-0.2, -0.15) is 9.55 Å². The van der Waals surface area contributed by atoms with Crippen LogP contribution in [0.2, 0.25) is 0 Å². The third kappa shape index (κ3) is 5.09. The fraction of sp³-hybridized carbons (Fsp3) is 0.611. The van der Waals surface area contributed by atoms with Gasteiger partial charge in [-0.05, 0) is 58.7 Å². The summed E-state index contributed by atoms with van der Waals surface area (Å²) in [6.07, 6.45) is 0.576. The predicted octanol–water partition coefficient (Wildman–Crippen LogP) is 4.42. The lowest BCUT2D eigenvalue weighted by molar-refractivity contribution is -0.816. The van der Waals surface area contributed by atoms with Crippen LogP contribution in [0.1, 0.15) is 40.5 Å². The van der Waals surface area contributed by atoms with Gasteiger partial charge in [-0.15, -0.1) is 0 Å². The first kappa shape index (κ1) is 21.0. The van der Waals surface area contributed by atoms with Crippen LogP contribution in [0.3, 0.4) is 0 Å². The number of anilines is 2. The highest BCUT2D eigenvalue weighted by Gasteiger charge is 2.43. The van der Waals surface area contributed by atoms with Crippen LogP contribution in [0.5, 0.6) is 0 Å². The number of hydrogen-bond donors (Lipinski definition) is 2. The molecule has 2 unspecified atom stereocenters. The lowest BCUT2D eigenvalue weighted by atomic mass is 9.92. The minimum absolute atomic E-state index is 0.0398. The smallest absolute Gasteiger partial charge is 0.542 e. The van der Waals surface area contributed by atoms with Crippen molar-refractivity contribution in [3.63, 3.8) is 0 Å². The number of nitrogens with zero attached hydrogens (tertiary/aromatic N) is 1. The summed E-state index contributed by atoms with van der Waals surface area (Å²) in [4.78, 5) is 12.8. The summed E-state index contributed by atoms with van der Waals surface area (Å²) in [5, 5.41) is 13.7. The van der Waals surface area contributed by atoms with Crippen LogP contribution in [0.25, 0.3) is 0 Å². The molecule has 0 bridgehead atoms. The highest BCUT2D eigenvalue weighted by Crippen LogP contribution is 2.32. The van der Waals surface area contributed by atoms with Gasteiger partial charge in [0.2, 0.25) is 0 Å². The molecule has 0 spiro atoms. The van der Waals surface area contributed by atoms with Crippen molar-refractivity contribution in [1.82, 2.24) is 0 Å². The van der Waals surface area contributed by atoms with E-state index in [1.54, 1.807) is 45.9 Å². The highest BCUT2D eigenvalue weighted by molar-refractivity contribution is 9.10. The van der Waals surface area contributed by atoms with Crippen LogP contribution >= 0.6 is 15.9 Å². The second kappa shape index (κ2) is 8.12. The molecular weight excluding hydrogens is 402 g/mol. The van der Waals surface area contributed by atoms with Crippen LogP contribution < -0.4 is 11.2 Å². The molecule has 8 heteroatoms.